The van der Waals surface area contributed by atoms with Gasteiger partial charge in [-0.15, -0.1) is 0 Å². The minimum Gasteiger partial charge on any atom is -0.447 e. The first-order chi connectivity index (χ1) is 10.5. The minimum atomic E-state index is 0.197. The first-order valence-electron chi connectivity index (χ1n) is 7.18. The first kappa shape index (κ1) is 20.2. The third kappa shape index (κ3) is 8.47. The van der Waals surface area contributed by atoms with Gasteiger partial charge in [0.25, 0.3) is 0 Å². The average molecular weight is 318 g/mol. The van der Waals surface area contributed by atoms with Crippen molar-refractivity contribution in [3.8, 4) is 0 Å². The van der Waals surface area contributed by atoms with Crippen molar-refractivity contribution in [2.45, 2.75) is 34.6 Å². The van der Waals surface area contributed by atoms with Gasteiger partial charge in [0.1, 0.15) is 10.8 Å². The second-order valence-electron chi connectivity index (χ2n) is 4.61. The van der Waals surface area contributed by atoms with Crippen LogP contribution in [-0.2, 0) is 4.74 Å². The molecule has 0 saturated carbocycles. The van der Waals surface area contributed by atoms with E-state index < -0.39 is 0 Å². The second kappa shape index (κ2) is 11.8. The monoisotopic (exact) mass is 318 g/mol. The third-order valence-corrected chi connectivity index (χ3v) is 3.43. The molecule has 0 bridgehead atoms. The molecule has 0 spiro atoms. The van der Waals surface area contributed by atoms with Gasteiger partial charge in [-0.1, -0.05) is 50.9 Å². The van der Waals surface area contributed by atoms with Crippen LogP contribution in [0.4, 0.5) is 0 Å². The van der Waals surface area contributed by atoms with E-state index in [0.717, 1.165) is 15.7 Å². The van der Waals surface area contributed by atoms with Crippen LogP contribution in [-0.4, -0.2) is 10.9 Å². The van der Waals surface area contributed by atoms with Gasteiger partial charge in [-0.05, 0) is 32.9 Å². The van der Waals surface area contributed by atoms with Crippen molar-refractivity contribution >= 4 is 22.7 Å². The molecule has 0 N–H and O–H groups in total. The highest BCUT2D eigenvalue weighted by molar-refractivity contribution is 8.17. The number of rotatable bonds is 7. The normalized spacial score (nSPS) is 14.6. The maximum Gasteiger partial charge on any atom is 0.196 e. The summed E-state index contributed by atoms with van der Waals surface area (Å²) in [5.74, 6) is 1.61. The summed E-state index contributed by atoms with van der Waals surface area (Å²) in [4.78, 5) is 9.49. The molecule has 0 aliphatic heterocycles. The molecule has 0 aromatic heterocycles. The average Bonchev–Trinajstić information content (AvgIpc) is 2.49. The Balaban J connectivity index is 5.08. The fourth-order valence-electron chi connectivity index (χ4n) is 1.34. The highest BCUT2D eigenvalue weighted by Crippen LogP contribution is 2.22. The van der Waals surface area contributed by atoms with Gasteiger partial charge in [-0.3, -0.25) is 0 Å². The number of hydrogen-bond acceptors (Lipinski definition) is 4. The zero-order valence-corrected chi connectivity index (χ0v) is 15.0. The number of ether oxygens (including phenoxy) is 1. The van der Waals surface area contributed by atoms with E-state index in [1.165, 1.54) is 18.0 Å². The summed E-state index contributed by atoms with van der Waals surface area (Å²) in [5, 5.41) is 0.832. The molecule has 0 radical (unpaired) electrons. The van der Waals surface area contributed by atoms with Crippen molar-refractivity contribution in [1.82, 2.24) is 0 Å². The van der Waals surface area contributed by atoms with Crippen molar-refractivity contribution in [3.05, 3.63) is 60.5 Å². The number of nitrogens with zero attached hydrogens (tertiary/aromatic N) is 2. The SMILES string of the molecule is C=CN=C(OC(C)=CC(=CC)SC(C=C)=NC=CC)C(C)C. The van der Waals surface area contributed by atoms with Crippen molar-refractivity contribution in [2.24, 2.45) is 15.9 Å². The molecule has 0 atom stereocenters. The second-order valence-corrected chi connectivity index (χ2v) is 5.70. The molecule has 0 rings (SSSR count). The molecule has 0 aromatic carbocycles. The molecular weight excluding hydrogens is 292 g/mol. The lowest BCUT2D eigenvalue weighted by atomic mass is 10.2. The van der Waals surface area contributed by atoms with E-state index in [9.17, 15) is 0 Å². The van der Waals surface area contributed by atoms with Crippen molar-refractivity contribution < 1.29 is 4.74 Å². The molecule has 0 saturated heterocycles. The molecule has 3 nitrogen and oxygen atoms in total. The van der Waals surface area contributed by atoms with E-state index in [4.69, 9.17) is 4.74 Å². The lowest BCUT2D eigenvalue weighted by Gasteiger charge is -2.12. The van der Waals surface area contributed by atoms with Crippen LogP contribution < -0.4 is 0 Å². The topological polar surface area (TPSA) is 34.0 Å². The van der Waals surface area contributed by atoms with Gasteiger partial charge < -0.3 is 4.74 Å². The molecule has 22 heavy (non-hydrogen) atoms. The largest absolute Gasteiger partial charge is 0.447 e. The molecule has 0 aliphatic carbocycles. The Bertz CT molecular complexity index is 523. The van der Waals surface area contributed by atoms with E-state index in [2.05, 4.69) is 23.1 Å². The van der Waals surface area contributed by atoms with Gasteiger partial charge in [0.2, 0.25) is 0 Å². The van der Waals surface area contributed by atoms with E-state index >= 15 is 0 Å². The fraction of sp³-hybridized carbons (Fsp3) is 0.333. The Morgan fingerprint density at radius 3 is 2.32 bits per heavy atom. The number of thioether (sulfide) groups is 1. The van der Waals surface area contributed by atoms with Gasteiger partial charge in [0, 0.05) is 23.2 Å². The Labute approximate surface area is 139 Å². The van der Waals surface area contributed by atoms with Crippen LogP contribution in [0.25, 0.3) is 0 Å². The predicted molar refractivity (Wildman–Crippen MR) is 101 cm³/mol. The first-order valence-corrected chi connectivity index (χ1v) is 8.00. The minimum absolute atomic E-state index is 0.197. The Morgan fingerprint density at radius 1 is 1.18 bits per heavy atom. The van der Waals surface area contributed by atoms with E-state index in [1.807, 2.05) is 52.8 Å². The number of hydrogen-bond donors (Lipinski definition) is 0. The van der Waals surface area contributed by atoms with Crippen LogP contribution in [0.3, 0.4) is 0 Å². The van der Waals surface area contributed by atoms with Crippen molar-refractivity contribution in [2.75, 3.05) is 0 Å². The Morgan fingerprint density at radius 2 is 1.86 bits per heavy atom. The molecule has 120 valence electrons. The summed E-state index contributed by atoms with van der Waals surface area (Å²) >= 11 is 1.53. The van der Waals surface area contributed by atoms with Crippen LogP contribution in [0.1, 0.15) is 34.6 Å². The van der Waals surface area contributed by atoms with Crippen LogP contribution in [0, 0.1) is 5.92 Å². The third-order valence-electron chi connectivity index (χ3n) is 2.36. The Hall–Kier alpha value is -1.81. The van der Waals surface area contributed by atoms with Crippen molar-refractivity contribution in [1.29, 1.82) is 0 Å². The van der Waals surface area contributed by atoms with Gasteiger partial charge in [-0.2, -0.15) is 0 Å². The lowest BCUT2D eigenvalue weighted by molar-refractivity contribution is 0.388. The molecule has 4 heteroatoms. The van der Waals surface area contributed by atoms with Crippen LogP contribution in [0.15, 0.2) is 70.5 Å². The molecule has 0 unspecified atom stereocenters. The summed E-state index contributed by atoms with van der Waals surface area (Å²) in [6.45, 7) is 17.3. The Kier molecular flexibility index (Phi) is 10.8. The van der Waals surface area contributed by atoms with E-state index in [0.29, 0.717) is 5.90 Å². The summed E-state index contributed by atoms with van der Waals surface area (Å²) in [7, 11) is 0. The maximum absolute atomic E-state index is 5.79. The van der Waals surface area contributed by atoms with Crippen LogP contribution in [0.2, 0.25) is 0 Å². The van der Waals surface area contributed by atoms with Gasteiger partial charge in [-0.25, -0.2) is 9.98 Å². The lowest BCUT2D eigenvalue weighted by Crippen LogP contribution is -2.11. The van der Waals surface area contributed by atoms with E-state index in [-0.39, 0.29) is 5.92 Å². The molecule has 0 heterocycles. The molecule has 0 aliphatic rings. The summed E-state index contributed by atoms with van der Waals surface area (Å²) < 4.78 is 5.79. The van der Waals surface area contributed by atoms with E-state index in [1.54, 1.807) is 12.3 Å². The highest BCUT2D eigenvalue weighted by Gasteiger charge is 2.08. The predicted octanol–water partition coefficient (Wildman–Crippen LogP) is 5.86. The maximum atomic E-state index is 5.79. The molecular formula is C18H26N2OS. The number of allylic oxidation sites excluding steroid dienone is 4. The van der Waals surface area contributed by atoms with Crippen LogP contribution in [0.5, 0.6) is 0 Å². The smallest absolute Gasteiger partial charge is 0.196 e. The summed E-state index contributed by atoms with van der Waals surface area (Å²) in [6, 6.07) is 0. The fourth-order valence-corrected chi connectivity index (χ4v) is 2.12. The zero-order valence-electron chi connectivity index (χ0n) is 14.2. The summed E-state index contributed by atoms with van der Waals surface area (Å²) in [6.07, 6.45) is 10.8. The van der Waals surface area contributed by atoms with Gasteiger partial charge in [0.05, 0.1) is 0 Å². The highest BCUT2D eigenvalue weighted by atomic mass is 32.2. The molecule has 0 aromatic rings. The van der Waals surface area contributed by atoms with Crippen LogP contribution >= 0.6 is 11.8 Å². The zero-order chi connectivity index (χ0) is 17.0. The standard InChI is InChI=1S/C18H26N2OS/c1-8-12-20-17(10-3)22-16(9-2)13-15(7)21-18(14(5)6)19-11-4/h8-14H,3-4H2,1-2,5-7H3. The summed E-state index contributed by atoms with van der Waals surface area (Å²) in [5.41, 5.74) is 0. The quantitative estimate of drug-likeness (QED) is 0.255. The molecule has 0 fully saturated rings. The van der Waals surface area contributed by atoms with Gasteiger partial charge >= 0.3 is 0 Å². The molecule has 0 amide bonds. The van der Waals surface area contributed by atoms with Gasteiger partial charge in [0.15, 0.2) is 5.90 Å². The van der Waals surface area contributed by atoms with Crippen molar-refractivity contribution in [3.63, 3.8) is 0 Å². The number of aliphatic imine (C=N–C) groups is 2.